The zero-order valence-corrected chi connectivity index (χ0v) is 11.7. The molecule has 5 heteroatoms. The lowest BCUT2D eigenvalue weighted by Gasteiger charge is -2.22. The highest BCUT2D eigenvalue weighted by atomic mass is 35.5. The van der Waals surface area contributed by atoms with Crippen molar-refractivity contribution in [2.75, 3.05) is 26.7 Å². The molecule has 104 valence electrons. The fraction of sp³-hybridized carbons (Fsp3) is 0.500. The van der Waals surface area contributed by atoms with Crippen molar-refractivity contribution in [3.05, 3.63) is 34.9 Å². The van der Waals surface area contributed by atoms with E-state index in [0.29, 0.717) is 18.1 Å². The Hall–Kier alpha value is -1.10. The summed E-state index contributed by atoms with van der Waals surface area (Å²) in [6.45, 7) is 2.10. The average molecular weight is 283 g/mol. The smallest absolute Gasteiger partial charge is 0.228 e. The maximum Gasteiger partial charge on any atom is 0.228 e. The predicted molar refractivity (Wildman–Crippen MR) is 75.3 cm³/mol. The number of β-amino-alcohol motifs (C(OH)–C–C–N with tert-alkyl or cyclic N) is 1. The summed E-state index contributed by atoms with van der Waals surface area (Å²) in [4.78, 5) is 14.2. The van der Waals surface area contributed by atoms with Crippen molar-refractivity contribution < 1.29 is 9.90 Å². The van der Waals surface area contributed by atoms with Gasteiger partial charge in [0.25, 0.3) is 0 Å². The highest BCUT2D eigenvalue weighted by Gasteiger charge is 2.27. The van der Waals surface area contributed by atoms with Crippen LogP contribution in [0.3, 0.4) is 0 Å². The van der Waals surface area contributed by atoms with Gasteiger partial charge in [-0.25, -0.2) is 0 Å². The minimum absolute atomic E-state index is 0.0105. The molecule has 0 radical (unpaired) electrons. The van der Waals surface area contributed by atoms with Crippen molar-refractivity contribution in [3.63, 3.8) is 0 Å². The third kappa shape index (κ3) is 3.69. The minimum atomic E-state index is -0.268. The summed E-state index contributed by atoms with van der Waals surface area (Å²) in [6.07, 6.45) is 0.511. The summed E-state index contributed by atoms with van der Waals surface area (Å²) in [5, 5.41) is 12.9. The molecule has 0 aliphatic carbocycles. The van der Waals surface area contributed by atoms with Crippen molar-refractivity contribution in [1.29, 1.82) is 0 Å². The standard InChI is InChI=1S/C14H19ClN2O2/c1-16-14(19)13(9-17-7-6-12(18)8-17)10-2-4-11(15)5-3-10/h2-5,12-13,18H,6-9H2,1H3,(H,16,19)/t12-,13?/m0/s1. The minimum Gasteiger partial charge on any atom is -0.392 e. The summed E-state index contributed by atoms with van der Waals surface area (Å²) < 4.78 is 0. The number of nitrogens with one attached hydrogen (secondary N) is 1. The molecule has 2 rings (SSSR count). The Kier molecular flexibility index (Phi) is 4.80. The third-order valence-electron chi connectivity index (χ3n) is 3.52. The molecule has 0 spiro atoms. The Morgan fingerprint density at radius 2 is 2.21 bits per heavy atom. The third-order valence-corrected chi connectivity index (χ3v) is 3.78. The van der Waals surface area contributed by atoms with Gasteiger partial charge in [0.2, 0.25) is 5.91 Å². The molecule has 1 amide bonds. The monoisotopic (exact) mass is 282 g/mol. The van der Waals surface area contributed by atoms with Crippen LogP contribution in [0.15, 0.2) is 24.3 Å². The summed E-state index contributed by atoms with van der Waals surface area (Å²) >= 11 is 5.88. The maximum absolute atomic E-state index is 12.0. The van der Waals surface area contributed by atoms with E-state index >= 15 is 0 Å². The van der Waals surface area contributed by atoms with Crippen LogP contribution < -0.4 is 5.32 Å². The highest BCUT2D eigenvalue weighted by molar-refractivity contribution is 6.30. The van der Waals surface area contributed by atoms with Crippen molar-refractivity contribution in [2.45, 2.75) is 18.4 Å². The SMILES string of the molecule is CNC(=O)C(CN1CC[C@H](O)C1)c1ccc(Cl)cc1. The van der Waals surface area contributed by atoms with Crippen LogP contribution >= 0.6 is 11.6 Å². The second-order valence-corrected chi connectivity index (χ2v) is 5.36. The molecular formula is C14H19ClN2O2. The first-order chi connectivity index (χ1) is 9.10. The van der Waals surface area contributed by atoms with E-state index < -0.39 is 0 Å². The van der Waals surface area contributed by atoms with E-state index in [1.165, 1.54) is 0 Å². The molecule has 1 aliphatic heterocycles. The van der Waals surface area contributed by atoms with Gasteiger partial charge >= 0.3 is 0 Å². The first kappa shape index (κ1) is 14.3. The van der Waals surface area contributed by atoms with Gasteiger partial charge in [-0.15, -0.1) is 0 Å². The van der Waals surface area contributed by atoms with Crippen LogP contribution in [0.1, 0.15) is 17.9 Å². The Morgan fingerprint density at radius 1 is 1.53 bits per heavy atom. The van der Waals surface area contributed by atoms with Gasteiger partial charge < -0.3 is 10.4 Å². The van der Waals surface area contributed by atoms with Gasteiger partial charge in [-0.1, -0.05) is 23.7 Å². The van der Waals surface area contributed by atoms with E-state index in [1.807, 2.05) is 12.1 Å². The van der Waals surface area contributed by atoms with E-state index in [1.54, 1.807) is 19.2 Å². The fourth-order valence-corrected chi connectivity index (χ4v) is 2.57. The summed E-state index contributed by atoms with van der Waals surface area (Å²) in [7, 11) is 1.64. The average Bonchev–Trinajstić information content (AvgIpc) is 2.82. The van der Waals surface area contributed by atoms with Gasteiger partial charge in [-0.3, -0.25) is 9.69 Å². The molecule has 1 fully saturated rings. The number of aliphatic hydroxyl groups is 1. The van der Waals surface area contributed by atoms with Crippen LogP contribution in [0.4, 0.5) is 0 Å². The van der Waals surface area contributed by atoms with Gasteiger partial charge in [0, 0.05) is 31.7 Å². The second kappa shape index (κ2) is 6.37. The lowest BCUT2D eigenvalue weighted by molar-refractivity contribution is -0.122. The topological polar surface area (TPSA) is 52.6 Å². The van der Waals surface area contributed by atoms with E-state index in [4.69, 9.17) is 11.6 Å². The molecule has 0 saturated carbocycles. The molecule has 1 aromatic rings. The number of aliphatic hydroxyl groups excluding tert-OH is 1. The number of hydrogen-bond acceptors (Lipinski definition) is 3. The molecule has 1 unspecified atom stereocenters. The first-order valence-electron chi connectivity index (χ1n) is 6.47. The van der Waals surface area contributed by atoms with Gasteiger partial charge in [0.05, 0.1) is 12.0 Å². The molecule has 19 heavy (non-hydrogen) atoms. The van der Waals surface area contributed by atoms with Crippen molar-refractivity contribution >= 4 is 17.5 Å². The number of nitrogens with zero attached hydrogens (tertiary/aromatic N) is 1. The summed E-state index contributed by atoms with van der Waals surface area (Å²) in [5.41, 5.74) is 0.949. The highest BCUT2D eigenvalue weighted by Crippen LogP contribution is 2.22. The Morgan fingerprint density at radius 3 is 2.74 bits per heavy atom. The molecular weight excluding hydrogens is 264 g/mol. The van der Waals surface area contributed by atoms with E-state index in [9.17, 15) is 9.90 Å². The largest absolute Gasteiger partial charge is 0.392 e. The molecule has 1 aliphatic rings. The number of carbonyl (C=O) groups is 1. The van der Waals surface area contributed by atoms with E-state index in [2.05, 4.69) is 10.2 Å². The number of benzene rings is 1. The number of rotatable bonds is 4. The van der Waals surface area contributed by atoms with E-state index in [0.717, 1.165) is 18.5 Å². The zero-order chi connectivity index (χ0) is 13.8. The summed E-state index contributed by atoms with van der Waals surface area (Å²) in [5.74, 6) is -0.240. The van der Waals surface area contributed by atoms with Crippen LogP contribution in [-0.2, 0) is 4.79 Å². The Balaban J connectivity index is 2.11. The van der Waals surface area contributed by atoms with Gasteiger partial charge in [0.15, 0.2) is 0 Å². The number of halogens is 1. The van der Waals surface area contributed by atoms with E-state index in [-0.39, 0.29) is 17.9 Å². The molecule has 4 nitrogen and oxygen atoms in total. The van der Waals surface area contributed by atoms with Gasteiger partial charge in [-0.2, -0.15) is 0 Å². The molecule has 0 aromatic heterocycles. The number of amides is 1. The number of carbonyl (C=O) groups excluding carboxylic acids is 1. The quantitative estimate of drug-likeness (QED) is 0.874. The molecule has 1 heterocycles. The lowest BCUT2D eigenvalue weighted by atomic mass is 9.97. The second-order valence-electron chi connectivity index (χ2n) is 4.92. The molecule has 2 atom stereocenters. The lowest BCUT2D eigenvalue weighted by Crippen LogP contribution is -2.35. The first-order valence-corrected chi connectivity index (χ1v) is 6.85. The van der Waals surface area contributed by atoms with Crippen molar-refractivity contribution in [2.24, 2.45) is 0 Å². The predicted octanol–water partition coefficient (Wildman–Crippen LogP) is 1.24. The number of likely N-dealkylation sites (N-methyl/N-ethyl adjacent to an activating group) is 1. The molecule has 2 N–H and O–H groups in total. The summed E-state index contributed by atoms with van der Waals surface area (Å²) in [6, 6.07) is 7.36. The van der Waals surface area contributed by atoms with Crippen LogP contribution in [0, 0.1) is 0 Å². The van der Waals surface area contributed by atoms with Crippen LogP contribution in [-0.4, -0.2) is 48.7 Å². The molecule has 0 bridgehead atoms. The van der Waals surface area contributed by atoms with Crippen molar-refractivity contribution in [1.82, 2.24) is 10.2 Å². The molecule has 1 saturated heterocycles. The number of likely N-dealkylation sites (tertiary alicyclic amines) is 1. The maximum atomic E-state index is 12.0. The van der Waals surface area contributed by atoms with Gasteiger partial charge in [-0.05, 0) is 24.1 Å². The fourth-order valence-electron chi connectivity index (χ4n) is 2.45. The van der Waals surface area contributed by atoms with Crippen LogP contribution in [0.5, 0.6) is 0 Å². The zero-order valence-electron chi connectivity index (χ0n) is 11.0. The van der Waals surface area contributed by atoms with Crippen LogP contribution in [0.25, 0.3) is 0 Å². The normalized spacial score (nSPS) is 21.3. The number of hydrogen-bond donors (Lipinski definition) is 2. The van der Waals surface area contributed by atoms with Gasteiger partial charge in [0.1, 0.15) is 0 Å². The Labute approximate surface area is 118 Å². The van der Waals surface area contributed by atoms with Crippen molar-refractivity contribution in [3.8, 4) is 0 Å². The molecule has 1 aromatic carbocycles. The Bertz CT molecular complexity index is 436. The van der Waals surface area contributed by atoms with Crippen LogP contribution in [0.2, 0.25) is 5.02 Å².